The number of methoxy groups -OCH3 is 1. The molecule has 2 amide bonds. The predicted molar refractivity (Wildman–Crippen MR) is 160 cm³/mol. The number of hydrogen-bond donors (Lipinski definition) is 5. The third-order valence-electron chi connectivity index (χ3n) is 7.50. The van der Waals surface area contributed by atoms with Gasteiger partial charge in [0.1, 0.15) is 24.3 Å². The van der Waals surface area contributed by atoms with Gasteiger partial charge in [-0.15, -0.1) is 0 Å². The number of amides is 2. The van der Waals surface area contributed by atoms with Crippen LogP contribution in [0.2, 0.25) is 0 Å². The molecule has 2 heterocycles. The van der Waals surface area contributed by atoms with Crippen molar-refractivity contribution >= 4 is 22.6 Å². The van der Waals surface area contributed by atoms with Crippen molar-refractivity contribution in [3.05, 3.63) is 48.2 Å². The van der Waals surface area contributed by atoms with E-state index in [0.29, 0.717) is 65.9 Å². The summed E-state index contributed by atoms with van der Waals surface area (Å²) in [5, 5.41) is 37.8. The van der Waals surface area contributed by atoms with E-state index in [1.54, 1.807) is 36.5 Å². The van der Waals surface area contributed by atoms with E-state index in [1.807, 2.05) is 17.9 Å². The van der Waals surface area contributed by atoms with Crippen LogP contribution in [0.25, 0.3) is 10.9 Å². The lowest BCUT2D eigenvalue weighted by atomic mass is 10.1. The molecular formula is C31H40N4O8. The minimum absolute atomic E-state index is 0.0481. The SMILES string of the molecule is COc1cc2c(Oc3ccc(NC(=O)NC4CC4)c(C)c3)ccnc2cc1OCC(O)CC(O)CC(O)N1CCOCC1. The van der Waals surface area contributed by atoms with Crippen LogP contribution in [0.4, 0.5) is 10.5 Å². The van der Waals surface area contributed by atoms with E-state index in [2.05, 4.69) is 15.6 Å². The lowest BCUT2D eigenvalue weighted by Crippen LogP contribution is -2.45. The third-order valence-corrected chi connectivity index (χ3v) is 7.50. The molecule has 12 nitrogen and oxygen atoms in total. The fraction of sp³-hybridized carbons (Fsp3) is 0.484. The average molecular weight is 597 g/mol. The molecule has 3 unspecified atom stereocenters. The van der Waals surface area contributed by atoms with E-state index in [0.717, 1.165) is 18.4 Å². The number of nitrogens with zero attached hydrogens (tertiary/aromatic N) is 2. The molecule has 232 valence electrons. The summed E-state index contributed by atoms with van der Waals surface area (Å²) in [6, 6.07) is 10.7. The maximum absolute atomic E-state index is 12.1. The minimum Gasteiger partial charge on any atom is -0.493 e. The summed E-state index contributed by atoms with van der Waals surface area (Å²) >= 11 is 0. The van der Waals surface area contributed by atoms with Crippen LogP contribution in [-0.2, 0) is 4.74 Å². The average Bonchev–Trinajstić information content (AvgIpc) is 3.81. The fourth-order valence-corrected chi connectivity index (χ4v) is 4.96. The molecular weight excluding hydrogens is 556 g/mol. The zero-order valence-electron chi connectivity index (χ0n) is 24.5. The van der Waals surface area contributed by atoms with Crippen LogP contribution < -0.4 is 24.8 Å². The summed E-state index contributed by atoms with van der Waals surface area (Å²) in [6.07, 6.45) is 1.18. The number of nitrogens with one attached hydrogen (secondary N) is 2. The standard InChI is InChI=1S/C31H40N4O8/c1-19-13-23(5-6-25(19)34-31(39)33-20-3-4-20)43-27-7-8-32-26-17-29(28(40-2)16-24(26)27)42-18-22(37)14-21(36)15-30(38)35-9-11-41-12-10-35/h5-8,13,16-17,20-22,30,36-38H,3-4,9-12,14-15,18H2,1-2H3,(H2,33,34,39). The molecule has 1 saturated carbocycles. The number of pyridine rings is 1. The molecule has 1 aliphatic heterocycles. The van der Waals surface area contributed by atoms with Gasteiger partial charge in [-0.1, -0.05) is 0 Å². The van der Waals surface area contributed by atoms with E-state index in [-0.39, 0.29) is 31.5 Å². The molecule has 5 rings (SSSR count). The van der Waals surface area contributed by atoms with Crippen molar-refractivity contribution in [2.24, 2.45) is 0 Å². The summed E-state index contributed by atoms with van der Waals surface area (Å²) in [7, 11) is 1.52. The number of carbonyl (C=O) groups is 1. The van der Waals surface area contributed by atoms with Crippen LogP contribution in [0, 0.1) is 6.92 Å². The van der Waals surface area contributed by atoms with Crippen molar-refractivity contribution in [2.45, 2.75) is 57.1 Å². The number of aliphatic hydroxyl groups is 3. The number of anilines is 1. The zero-order valence-corrected chi connectivity index (χ0v) is 24.5. The van der Waals surface area contributed by atoms with Crippen LogP contribution in [-0.4, -0.2) is 95.7 Å². The smallest absolute Gasteiger partial charge is 0.319 e. The molecule has 1 aromatic heterocycles. The number of morpholine rings is 1. The van der Waals surface area contributed by atoms with E-state index in [1.165, 1.54) is 7.11 Å². The fourth-order valence-electron chi connectivity index (χ4n) is 4.96. The summed E-state index contributed by atoms with van der Waals surface area (Å²) in [5.41, 5.74) is 2.16. The number of aryl methyl sites for hydroxylation is 1. The first-order valence-corrected chi connectivity index (χ1v) is 14.6. The maximum atomic E-state index is 12.1. The predicted octanol–water partition coefficient (Wildman–Crippen LogP) is 3.16. The molecule has 1 saturated heterocycles. The van der Waals surface area contributed by atoms with Crippen molar-refractivity contribution in [3.8, 4) is 23.0 Å². The Morgan fingerprint density at radius 1 is 1.05 bits per heavy atom. The lowest BCUT2D eigenvalue weighted by Gasteiger charge is -2.32. The molecule has 3 atom stereocenters. The minimum atomic E-state index is -0.963. The van der Waals surface area contributed by atoms with E-state index in [4.69, 9.17) is 18.9 Å². The maximum Gasteiger partial charge on any atom is 0.319 e. The van der Waals surface area contributed by atoms with Crippen molar-refractivity contribution in [2.75, 3.05) is 45.3 Å². The Morgan fingerprint density at radius 2 is 1.84 bits per heavy atom. The number of aromatic nitrogens is 1. The molecule has 5 N–H and O–H groups in total. The first-order chi connectivity index (χ1) is 20.8. The number of fused-ring (bicyclic) bond motifs is 1. The van der Waals surface area contributed by atoms with Crippen LogP contribution >= 0.6 is 0 Å². The molecule has 0 bridgehead atoms. The molecule has 2 aliphatic rings. The Hall–Kier alpha value is -3.68. The van der Waals surface area contributed by atoms with Gasteiger partial charge in [-0.3, -0.25) is 9.88 Å². The van der Waals surface area contributed by atoms with Gasteiger partial charge in [0, 0.05) is 55.3 Å². The number of urea groups is 1. The van der Waals surface area contributed by atoms with Crippen LogP contribution in [0.3, 0.4) is 0 Å². The van der Waals surface area contributed by atoms with Crippen LogP contribution in [0.5, 0.6) is 23.0 Å². The Bertz CT molecular complexity index is 1400. The number of ether oxygens (including phenoxy) is 4. The van der Waals surface area contributed by atoms with Crippen LogP contribution in [0.1, 0.15) is 31.2 Å². The number of rotatable bonds is 13. The monoisotopic (exact) mass is 596 g/mol. The highest BCUT2D eigenvalue weighted by Crippen LogP contribution is 2.37. The van der Waals surface area contributed by atoms with Gasteiger partial charge >= 0.3 is 6.03 Å². The zero-order chi connectivity index (χ0) is 30.3. The topological polar surface area (TPSA) is 155 Å². The second kappa shape index (κ2) is 14.2. The molecule has 43 heavy (non-hydrogen) atoms. The molecule has 0 radical (unpaired) electrons. The van der Waals surface area contributed by atoms with E-state index < -0.39 is 18.4 Å². The van der Waals surface area contributed by atoms with Crippen molar-refractivity contribution in [1.29, 1.82) is 0 Å². The number of aliphatic hydroxyl groups excluding tert-OH is 3. The van der Waals surface area contributed by atoms with Gasteiger partial charge in [-0.2, -0.15) is 0 Å². The lowest BCUT2D eigenvalue weighted by molar-refractivity contribution is -0.0810. The molecule has 1 aliphatic carbocycles. The molecule has 3 aromatic rings. The molecule has 0 spiro atoms. The number of benzene rings is 2. The summed E-state index contributed by atoms with van der Waals surface area (Å²) < 4.78 is 22.9. The normalized spacial score (nSPS) is 17.6. The van der Waals surface area contributed by atoms with Crippen molar-refractivity contribution in [1.82, 2.24) is 15.2 Å². The Labute approximate surface area is 250 Å². The quantitative estimate of drug-likeness (QED) is 0.199. The number of carbonyl (C=O) groups excluding carboxylic acids is 1. The van der Waals surface area contributed by atoms with Gasteiger partial charge in [-0.25, -0.2) is 4.79 Å². The second-order valence-electron chi connectivity index (χ2n) is 11.0. The highest BCUT2D eigenvalue weighted by Gasteiger charge is 2.24. The first kappa shape index (κ1) is 30.8. The first-order valence-electron chi connectivity index (χ1n) is 14.6. The summed E-state index contributed by atoms with van der Waals surface area (Å²) in [4.78, 5) is 18.4. The second-order valence-corrected chi connectivity index (χ2v) is 11.0. The Morgan fingerprint density at radius 3 is 2.56 bits per heavy atom. The van der Waals surface area contributed by atoms with Gasteiger partial charge in [0.2, 0.25) is 0 Å². The summed E-state index contributed by atoms with van der Waals surface area (Å²) in [5.74, 6) is 1.97. The van der Waals surface area contributed by atoms with Crippen molar-refractivity contribution in [3.63, 3.8) is 0 Å². The van der Waals surface area contributed by atoms with Gasteiger partial charge in [0.15, 0.2) is 11.5 Å². The van der Waals surface area contributed by atoms with Crippen molar-refractivity contribution < 1.29 is 39.1 Å². The Balaban J connectivity index is 1.20. The van der Waals surface area contributed by atoms with Gasteiger partial charge in [0.05, 0.1) is 38.0 Å². The largest absolute Gasteiger partial charge is 0.493 e. The van der Waals surface area contributed by atoms with E-state index in [9.17, 15) is 20.1 Å². The van der Waals surface area contributed by atoms with E-state index >= 15 is 0 Å². The number of hydrogen-bond acceptors (Lipinski definition) is 10. The third kappa shape index (κ3) is 8.46. The molecule has 12 heteroatoms. The van der Waals surface area contributed by atoms with Gasteiger partial charge in [0.25, 0.3) is 0 Å². The Kier molecular flexibility index (Phi) is 10.2. The molecule has 2 fully saturated rings. The van der Waals surface area contributed by atoms with Gasteiger partial charge < -0.3 is 44.9 Å². The highest BCUT2D eigenvalue weighted by atomic mass is 16.5. The highest BCUT2D eigenvalue weighted by molar-refractivity contribution is 5.91. The van der Waals surface area contributed by atoms with Crippen LogP contribution in [0.15, 0.2) is 42.6 Å². The molecule has 2 aromatic carbocycles. The summed E-state index contributed by atoms with van der Waals surface area (Å²) in [6.45, 7) is 4.12. The van der Waals surface area contributed by atoms with Gasteiger partial charge in [-0.05, 0) is 55.7 Å².